The van der Waals surface area contributed by atoms with Gasteiger partial charge in [-0.1, -0.05) is 18.2 Å². The van der Waals surface area contributed by atoms with E-state index < -0.39 is 0 Å². The van der Waals surface area contributed by atoms with Gasteiger partial charge in [-0.15, -0.1) is 0 Å². The van der Waals surface area contributed by atoms with Gasteiger partial charge < -0.3 is 10.1 Å². The van der Waals surface area contributed by atoms with Crippen molar-refractivity contribution in [3.63, 3.8) is 0 Å². The second kappa shape index (κ2) is 6.31. The molecule has 1 aromatic carbocycles. The Hall–Kier alpha value is -1.81. The number of nitrogens with zero attached hydrogens (tertiary/aromatic N) is 2. The van der Waals surface area contributed by atoms with Crippen molar-refractivity contribution in [2.45, 2.75) is 45.8 Å². The molecule has 0 spiro atoms. The minimum atomic E-state index is 0.641. The van der Waals surface area contributed by atoms with Crippen LogP contribution in [-0.2, 0) is 13.1 Å². The fraction of sp³-hybridized carbons (Fsp3) is 0.471. The van der Waals surface area contributed by atoms with Gasteiger partial charge in [0.15, 0.2) is 0 Å². The summed E-state index contributed by atoms with van der Waals surface area (Å²) in [7, 11) is 0. The Morgan fingerprint density at radius 3 is 2.81 bits per heavy atom. The number of hydrogen-bond acceptors (Lipinski definition) is 3. The van der Waals surface area contributed by atoms with Crippen LogP contribution in [0.3, 0.4) is 0 Å². The zero-order valence-corrected chi connectivity index (χ0v) is 12.8. The molecule has 1 heterocycles. The van der Waals surface area contributed by atoms with E-state index in [4.69, 9.17) is 4.74 Å². The molecule has 1 N–H and O–H groups in total. The molecule has 0 unspecified atom stereocenters. The summed E-state index contributed by atoms with van der Waals surface area (Å²) in [6, 6.07) is 11.1. The molecule has 112 valence electrons. The van der Waals surface area contributed by atoms with Crippen LogP contribution in [0.4, 0.5) is 0 Å². The number of aryl methyl sites for hydroxylation is 2. The van der Waals surface area contributed by atoms with Gasteiger partial charge in [0.05, 0.1) is 12.2 Å². The second-order valence-corrected chi connectivity index (χ2v) is 5.76. The topological polar surface area (TPSA) is 39.1 Å². The fourth-order valence-electron chi connectivity index (χ4n) is 2.48. The molecule has 4 nitrogen and oxygen atoms in total. The molecular formula is C17H23N3O. The summed E-state index contributed by atoms with van der Waals surface area (Å²) < 4.78 is 7.96. The molecule has 1 aromatic heterocycles. The number of benzene rings is 1. The molecule has 0 aliphatic heterocycles. The Kier molecular flexibility index (Phi) is 4.25. The lowest BCUT2D eigenvalue weighted by Crippen LogP contribution is -2.17. The highest BCUT2D eigenvalue weighted by atomic mass is 16.5. The van der Waals surface area contributed by atoms with E-state index in [0.717, 1.165) is 24.5 Å². The lowest BCUT2D eigenvalue weighted by molar-refractivity contribution is 0.286. The van der Waals surface area contributed by atoms with E-state index in [2.05, 4.69) is 35.5 Å². The van der Waals surface area contributed by atoms with E-state index in [1.165, 1.54) is 24.1 Å². The quantitative estimate of drug-likeness (QED) is 0.850. The van der Waals surface area contributed by atoms with Gasteiger partial charge in [0.25, 0.3) is 0 Å². The van der Waals surface area contributed by atoms with Gasteiger partial charge in [0, 0.05) is 23.8 Å². The number of para-hydroxylation sites is 1. The average Bonchev–Trinajstić information content (AvgIpc) is 3.24. The van der Waals surface area contributed by atoms with Crippen molar-refractivity contribution in [1.29, 1.82) is 0 Å². The van der Waals surface area contributed by atoms with E-state index >= 15 is 0 Å². The number of hydrogen-bond donors (Lipinski definition) is 1. The van der Waals surface area contributed by atoms with E-state index in [9.17, 15) is 0 Å². The van der Waals surface area contributed by atoms with E-state index in [1.807, 2.05) is 23.7 Å². The fourth-order valence-corrected chi connectivity index (χ4v) is 2.48. The first-order valence-corrected chi connectivity index (χ1v) is 7.67. The number of ether oxygens (including phenoxy) is 1. The summed E-state index contributed by atoms with van der Waals surface area (Å²) in [6.45, 7) is 6.41. The van der Waals surface area contributed by atoms with Crippen LogP contribution < -0.4 is 10.1 Å². The molecule has 0 saturated heterocycles. The van der Waals surface area contributed by atoms with Crippen molar-refractivity contribution < 1.29 is 4.74 Å². The van der Waals surface area contributed by atoms with Crippen molar-refractivity contribution in [1.82, 2.24) is 15.1 Å². The highest BCUT2D eigenvalue weighted by Gasteiger charge is 2.20. The third-order valence-corrected chi connectivity index (χ3v) is 3.80. The molecule has 0 atom stereocenters. The largest absolute Gasteiger partial charge is 0.491 e. The Labute approximate surface area is 126 Å². The van der Waals surface area contributed by atoms with Gasteiger partial charge in [-0.2, -0.15) is 5.10 Å². The molecule has 0 radical (unpaired) electrons. The predicted octanol–water partition coefficient (Wildman–Crippen LogP) is 2.83. The first-order chi connectivity index (χ1) is 10.2. The van der Waals surface area contributed by atoms with Crippen LogP contribution in [0.2, 0.25) is 0 Å². The predicted molar refractivity (Wildman–Crippen MR) is 83.5 cm³/mol. The summed E-state index contributed by atoms with van der Waals surface area (Å²) >= 11 is 0. The number of aromatic nitrogens is 2. The van der Waals surface area contributed by atoms with Gasteiger partial charge in [0.2, 0.25) is 0 Å². The molecule has 3 rings (SSSR count). The molecule has 1 aliphatic carbocycles. The minimum Gasteiger partial charge on any atom is -0.491 e. The Bertz CT molecular complexity index is 602. The molecule has 1 fully saturated rings. The standard InChI is InChI=1S/C17H23N3O/c1-13-11-14(2)20(19-13)9-10-21-17-6-4-3-5-15(17)12-18-16-7-8-16/h3-6,11,16,18H,7-10,12H2,1-2H3. The Morgan fingerprint density at radius 1 is 1.29 bits per heavy atom. The SMILES string of the molecule is Cc1cc(C)n(CCOc2ccccc2CNC2CC2)n1. The third kappa shape index (κ3) is 3.85. The van der Waals surface area contributed by atoms with Gasteiger partial charge >= 0.3 is 0 Å². The zero-order chi connectivity index (χ0) is 14.7. The summed E-state index contributed by atoms with van der Waals surface area (Å²) in [5.41, 5.74) is 3.47. The van der Waals surface area contributed by atoms with Crippen LogP contribution in [0.15, 0.2) is 30.3 Å². The van der Waals surface area contributed by atoms with Crippen molar-refractivity contribution >= 4 is 0 Å². The highest BCUT2D eigenvalue weighted by molar-refractivity contribution is 5.33. The maximum Gasteiger partial charge on any atom is 0.123 e. The molecule has 21 heavy (non-hydrogen) atoms. The van der Waals surface area contributed by atoms with Crippen molar-refractivity contribution in [3.8, 4) is 5.75 Å². The van der Waals surface area contributed by atoms with Gasteiger partial charge in [-0.25, -0.2) is 0 Å². The van der Waals surface area contributed by atoms with E-state index in [0.29, 0.717) is 12.6 Å². The van der Waals surface area contributed by atoms with Crippen molar-refractivity contribution in [3.05, 3.63) is 47.3 Å². The minimum absolute atomic E-state index is 0.641. The molecule has 1 saturated carbocycles. The van der Waals surface area contributed by atoms with Gasteiger partial charge in [0.1, 0.15) is 12.4 Å². The third-order valence-electron chi connectivity index (χ3n) is 3.80. The lowest BCUT2D eigenvalue weighted by atomic mass is 10.2. The maximum absolute atomic E-state index is 5.96. The molecule has 1 aliphatic rings. The van der Waals surface area contributed by atoms with E-state index in [1.54, 1.807) is 0 Å². The van der Waals surface area contributed by atoms with Gasteiger partial charge in [-0.05, 0) is 38.8 Å². The zero-order valence-electron chi connectivity index (χ0n) is 12.8. The van der Waals surface area contributed by atoms with Crippen molar-refractivity contribution in [2.24, 2.45) is 0 Å². The van der Waals surface area contributed by atoms with Gasteiger partial charge in [-0.3, -0.25) is 4.68 Å². The summed E-state index contributed by atoms with van der Waals surface area (Å²) in [5.74, 6) is 0.979. The summed E-state index contributed by atoms with van der Waals surface area (Å²) in [5, 5.41) is 7.99. The van der Waals surface area contributed by atoms with Crippen LogP contribution in [0.5, 0.6) is 5.75 Å². The lowest BCUT2D eigenvalue weighted by Gasteiger charge is -2.12. The molecule has 2 aromatic rings. The first-order valence-electron chi connectivity index (χ1n) is 7.67. The first kappa shape index (κ1) is 14.1. The van der Waals surface area contributed by atoms with Crippen LogP contribution in [0, 0.1) is 13.8 Å². The monoisotopic (exact) mass is 285 g/mol. The molecule has 0 bridgehead atoms. The second-order valence-electron chi connectivity index (χ2n) is 5.76. The molecule has 4 heteroatoms. The molecule has 0 amide bonds. The van der Waals surface area contributed by atoms with Crippen LogP contribution >= 0.6 is 0 Å². The smallest absolute Gasteiger partial charge is 0.123 e. The molecular weight excluding hydrogens is 262 g/mol. The highest BCUT2D eigenvalue weighted by Crippen LogP contribution is 2.22. The van der Waals surface area contributed by atoms with Crippen LogP contribution in [0.1, 0.15) is 29.8 Å². The number of nitrogens with one attached hydrogen (secondary N) is 1. The normalized spacial score (nSPS) is 14.4. The van der Waals surface area contributed by atoms with Crippen LogP contribution in [0.25, 0.3) is 0 Å². The number of rotatable bonds is 7. The maximum atomic E-state index is 5.96. The van der Waals surface area contributed by atoms with Crippen LogP contribution in [-0.4, -0.2) is 22.4 Å². The van der Waals surface area contributed by atoms with Crippen molar-refractivity contribution in [2.75, 3.05) is 6.61 Å². The van der Waals surface area contributed by atoms with E-state index in [-0.39, 0.29) is 0 Å². The average molecular weight is 285 g/mol. The summed E-state index contributed by atoms with van der Waals surface area (Å²) in [6.07, 6.45) is 2.61. The Morgan fingerprint density at radius 2 is 2.10 bits per heavy atom. The Balaban J connectivity index is 1.55. The summed E-state index contributed by atoms with van der Waals surface area (Å²) in [4.78, 5) is 0.